The van der Waals surface area contributed by atoms with Crippen molar-refractivity contribution in [1.29, 1.82) is 0 Å². The van der Waals surface area contributed by atoms with Crippen molar-refractivity contribution in [3.8, 4) is 5.88 Å². The molecule has 2 aromatic heterocycles. The molecule has 1 atom stereocenters. The van der Waals surface area contributed by atoms with Gasteiger partial charge in [-0.05, 0) is 48.7 Å². The average molecular weight is 588 g/mol. The highest BCUT2D eigenvalue weighted by atomic mass is 79.9. The van der Waals surface area contributed by atoms with Gasteiger partial charge >= 0.3 is 0 Å². The van der Waals surface area contributed by atoms with E-state index in [1.165, 1.54) is 11.6 Å². The summed E-state index contributed by atoms with van der Waals surface area (Å²) in [5.41, 5.74) is 4.84. The Morgan fingerprint density at radius 1 is 1.15 bits per heavy atom. The second-order valence-corrected chi connectivity index (χ2v) is 10.7. The number of imidazole rings is 1. The minimum atomic E-state index is -0.448. The summed E-state index contributed by atoms with van der Waals surface area (Å²) in [5, 5.41) is 0. The average Bonchev–Trinajstić information content (AvgIpc) is 3.26. The Morgan fingerprint density at radius 3 is 2.79 bits per heavy atom. The maximum absolute atomic E-state index is 14.2. The van der Waals surface area contributed by atoms with Gasteiger partial charge < -0.3 is 14.0 Å². The highest BCUT2D eigenvalue weighted by molar-refractivity contribution is 9.10. The van der Waals surface area contributed by atoms with Crippen molar-refractivity contribution < 1.29 is 13.9 Å². The highest BCUT2D eigenvalue weighted by Gasteiger charge is 2.23. The minimum absolute atomic E-state index is 0.0524. The second kappa shape index (κ2) is 11.3. The number of hydrogen-bond donors (Lipinski definition) is 0. The molecule has 0 bridgehead atoms. The first-order valence-electron chi connectivity index (χ1n) is 13.0. The Bertz CT molecular complexity index is 1590. The molecule has 0 amide bonds. The van der Waals surface area contributed by atoms with E-state index in [0.717, 1.165) is 72.7 Å². The number of halogens is 2. The van der Waals surface area contributed by atoms with Crippen LogP contribution in [0.5, 0.6) is 5.88 Å². The van der Waals surface area contributed by atoms with Crippen molar-refractivity contribution >= 4 is 38.2 Å². The Kier molecular flexibility index (Phi) is 7.42. The summed E-state index contributed by atoms with van der Waals surface area (Å²) in [6.07, 6.45) is 4.42. The van der Waals surface area contributed by atoms with Crippen LogP contribution >= 0.6 is 15.9 Å². The lowest BCUT2D eigenvalue weighted by atomic mass is 10.0. The third-order valence-corrected chi connectivity index (χ3v) is 7.71. The van der Waals surface area contributed by atoms with Gasteiger partial charge in [0.15, 0.2) is 5.69 Å². The van der Waals surface area contributed by atoms with Gasteiger partial charge in [0.2, 0.25) is 5.88 Å². The lowest BCUT2D eigenvalue weighted by Gasteiger charge is -2.29. The van der Waals surface area contributed by atoms with Gasteiger partial charge in [-0.25, -0.2) is 19.2 Å². The topological polar surface area (TPSA) is 56.8 Å². The van der Waals surface area contributed by atoms with E-state index in [-0.39, 0.29) is 18.4 Å². The molecule has 2 aliphatic heterocycles. The monoisotopic (exact) mass is 587 g/mol. The molecule has 1 fully saturated rings. The van der Waals surface area contributed by atoms with Gasteiger partial charge in [-0.2, -0.15) is 0 Å². The first kappa shape index (κ1) is 25.7. The van der Waals surface area contributed by atoms with Gasteiger partial charge in [0.1, 0.15) is 18.2 Å². The van der Waals surface area contributed by atoms with Crippen LogP contribution in [0.2, 0.25) is 0 Å². The first-order valence-corrected chi connectivity index (χ1v) is 13.8. The molecule has 2 aliphatic rings. The molecular weight excluding hydrogens is 561 g/mol. The van der Waals surface area contributed by atoms with E-state index in [1.807, 2.05) is 18.2 Å². The van der Waals surface area contributed by atoms with Crippen molar-refractivity contribution in [1.82, 2.24) is 19.4 Å². The van der Waals surface area contributed by atoms with E-state index in [9.17, 15) is 4.39 Å². The fourth-order valence-corrected chi connectivity index (χ4v) is 5.29. The molecule has 39 heavy (non-hydrogen) atoms. The SMILES string of the molecule is [C-]#[N+]c1ccc(COc2cccc(C3=CCN(Cc4nc5ccc(Br)cc5n4C[C@@H]4CCO4)CC3)n2)c(F)c1. The number of ether oxygens (including phenoxy) is 2. The molecule has 0 N–H and O–H groups in total. The predicted molar refractivity (Wildman–Crippen MR) is 151 cm³/mol. The molecule has 1 saturated heterocycles. The van der Waals surface area contributed by atoms with Crippen molar-refractivity contribution in [3.63, 3.8) is 0 Å². The van der Waals surface area contributed by atoms with Gasteiger partial charge in [-0.1, -0.05) is 40.2 Å². The van der Waals surface area contributed by atoms with E-state index in [0.29, 0.717) is 11.4 Å². The Morgan fingerprint density at radius 2 is 2.05 bits per heavy atom. The molecule has 9 heteroatoms. The van der Waals surface area contributed by atoms with E-state index in [2.05, 4.69) is 53.4 Å². The van der Waals surface area contributed by atoms with Crippen LogP contribution in [0.15, 0.2) is 65.1 Å². The van der Waals surface area contributed by atoms with Gasteiger partial charge in [0.05, 0.1) is 42.5 Å². The summed E-state index contributed by atoms with van der Waals surface area (Å²) in [6, 6.07) is 16.3. The van der Waals surface area contributed by atoms with Crippen LogP contribution in [-0.4, -0.2) is 45.2 Å². The van der Waals surface area contributed by atoms with E-state index in [1.54, 1.807) is 18.2 Å². The van der Waals surface area contributed by atoms with Gasteiger partial charge in [0, 0.05) is 35.8 Å². The largest absolute Gasteiger partial charge is 0.473 e. The lowest BCUT2D eigenvalue weighted by molar-refractivity contribution is -0.0591. The normalized spacial score (nSPS) is 17.5. The van der Waals surface area contributed by atoms with Crippen LogP contribution in [0.1, 0.15) is 29.9 Å². The van der Waals surface area contributed by atoms with Crippen LogP contribution in [0.25, 0.3) is 21.5 Å². The molecule has 0 spiro atoms. The smallest absolute Gasteiger partial charge is 0.214 e. The fourth-order valence-electron chi connectivity index (χ4n) is 4.94. The molecule has 0 aliphatic carbocycles. The van der Waals surface area contributed by atoms with Crippen molar-refractivity contribution in [2.24, 2.45) is 0 Å². The third kappa shape index (κ3) is 5.74. The standard InChI is InChI=1S/C30H27BrFN5O2/c1-33-23-7-5-21(25(32)16-23)19-39-30-4-2-3-26(35-30)20-9-12-36(13-10-20)18-29-34-27-8-6-22(31)15-28(27)37(29)17-24-11-14-38-24/h2-9,15-16,24H,10-14,17-19H2/t24-/m0/s1. The molecule has 0 radical (unpaired) electrons. The Balaban J connectivity index is 1.13. The Hall–Kier alpha value is -3.58. The number of hydrogen-bond acceptors (Lipinski definition) is 5. The van der Waals surface area contributed by atoms with E-state index < -0.39 is 5.82 Å². The number of benzene rings is 2. The zero-order chi connectivity index (χ0) is 26.8. The van der Waals surface area contributed by atoms with E-state index in [4.69, 9.17) is 21.0 Å². The van der Waals surface area contributed by atoms with Gasteiger partial charge in [0.25, 0.3) is 0 Å². The number of rotatable bonds is 8. The number of pyridine rings is 1. The third-order valence-electron chi connectivity index (χ3n) is 7.22. The molecule has 0 unspecified atom stereocenters. The molecule has 4 aromatic rings. The van der Waals surface area contributed by atoms with Crippen LogP contribution in [0, 0.1) is 12.4 Å². The molecule has 4 heterocycles. The number of nitrogens with zero attached hydrogens (tertiary/aromatic N) is 5. The highest BCUT2D eigenvalue weighted by Crippen LogP contribution is 2.27. The summed E-state index contributed by atoms with van der Waals surface area (Å²) in [7, 11) is 0. The van der Waals surface area contributed by atoms with Crippen molar-refractivity contribution in [2.45, 2.75) is 38.6 Å². The second-order valence-electron chi connectivity index (χ2n) is 9.80. The van der Waals surface area contributed by atoms with Crippen LogP contribution in [-0.2, 0) is 24.4 Å². The zero-order valence-electron chi connectivity index (χ0n) is 21.3. The van der Waals surface area contributed by atoms with Gasteiger partial charge in [-0.15, -0.1) is 0 Å². The quantitative estimate of drug-likeness (QED) is 0.219. The van der Waals surface area contributed by atoms with E-state index >= 15 is 0 Å². The molecule has 0 saturated carbocycles. The summed E-state index contributed by atoms with van der Waals surface area (Å²) < 4.78 is 29.1. The lowest BCUT2D eigenvalue weighted by Crippen LogP contribution is -2.33. The number of fused-ring (bicyclic) bond motifs is 1. The van der Waals surface area contributed by atoms with Crippen LogP contribution in [0.4, 0.5) is 10.1 Å². The Labute approximate surface area is 234 Å². The molecule has 7 nitrogen and oxygen atoms in total. The number of aromatic nitrogens is 3. The molecular formula is C30H27BrFN5O2. The predicted octanol–water partition coefficient (Wildman–Crippen LogP) is 6.54. The zero-order valence-corrected chi connectivity index (χ0v) is 22.9. The molecule has 198 valence electrons. The van der Waals surface area contributed by atoms with Crippen molar-refractivity contribution in [3.05, 3.63) is 99.5 Å². The maximum atomic E-state index is 14.2. The minimum Gasteiger partial charge on any atom is -0.473 e. The van der Waals surface area contributed by atoms with Crippen molar-refractivity contribution in [2.75, 3.05) is 19.7 Å². The van der Waals surface area contributed by atoms with Gasteiger partial charge in [-0.3, -0.25) is 4.90 Å². The first-order chi connectivity index (χ1) is 19.1. The summed E-state index contributed by atoms with van der Waals surface area (Å²) in [5.74, 6) is 1.05. The summed E-state index contributed by atoms with van der Waals surface area (Å²) in [6.45, 7) is 11.2. The maximum Gasteiger partial charge on any atom is 0.214 e. The fraction of sp³-hybridized carbons (Fsp3) is 0.300. The molecule has 6 rings (SSSR count). The summed E-state index contributed by atoms with van der Waals surface area (Å²) in [4.78, 5) is 15.3. The van der Waals surface area contributed by atoms with Crippen LogP contribution in [0.3, 0.4) is 0 Å². The summed E-state index contributed by atoms with van der Waals surface area (Å²) >= 11 is 3.60. The van der Waals surface area contributed by atoms with Crippen LogP contribution < -0.4 is 4.74 Å². The molecule has 2 aromatic carbocycles.